The lowest BCUT2D eigenvalue weighted by Crippen LogP contribution is -2.58. The van der Waals surface area contributed by atoms with Gasteiger partial charge in [-0.3, -0.25) is 71.4 Å². The number of aliphatic hydroxyl groups excluding tert-OH is 2. The predicted molar refractivity (Wildman–Crippen MR) is 423 cm³/mol. The van der Waals surface area contributed by atoms with Gasteiger partial charge in [-0.1, -0.05) is 97.9 Å². The molecular weight excluding hydrogens is 1580 g/mol. The van der Waals surface area contributed by atoms with E-state index in [0.717, 1.165) is 39.7 Å². The number of imidazole rings is 1. The molecule has 3 atom stereocenters. The first kappa shape index (κ1) is 83.5. The molecule has 0 aliphatic carbocycles. The van der Waals surface area contributed by atoms with Gasteiger partial charge in [0.15, 0.2) is 49.6 Å². The highest BCUT2D eigenvalue weighted by Gasteiger charge is 2.46. The Hall–Kier alpha value is -13.0. The summed E-state index contributed by atoms with van der Waals surface area (Å²) in [7, 11) is -6.72. The zero-order valence-electron chi connectivity index (χ0n) is 62.1. The summed E-state index contributed by atoms with van der Waals surface area (Å²) in [6.07, 6.45) is 7.11. The van der Waals surface area contributed by atoms with E-state index in [1.165, 1.54) is 106 Å². The molecule has 5 aromatic carbocycles. The molecule has 0 spiro atoms. The average molecular weight is 1660 g/mol. The number of imide groups is 1. The summed E-state index contributed by atoms with van der Waals surface area (Å²) in [5.41, 5.74) is 3.37. The third-order valence-electron chi connectivity index (χ3n) is 18.0. The van der Waals surface area contributed by atoms with Gasteiger partial charge in [0.05, 0.1) is 56.3 Å². The number of sulfone groups is 1. The van der Waals surface area contributed by atoms with Gasteiger partial charge in [0, 0.05) is 82.5 Å². The van der Waals surface area contributed by atoms with Crippen LogP contribution >= 0.6 is 11.3 Å². The number of carbonyl (C=O) groups is 5. The number of nitrogens with zero attached hydrogens (tertiary/aromatic N) is 11. The van der Waals surface area contributed by atoms with E-state index < -0.39 is 75.2 Å². The molecular formula is C73H74N16O20S5. The summed E-state index contributed by atoms with van der Waals surface area (Å²) < 4.78 is 115. The fourth-order valence-corrected chi connectivity index (χ4v) is 16.8. The number of anilines is 3. The number of aryl methyl sites for hydroxylation is 1. The van der Waals surface area contributed by atoms with Crippen LogP contribution in [0.3, 0.4) is 0 Å². The van der Waals surface area contributed by atoms with E-state index in [1.807, 2.05) is 62.4 Å². The first-order chi connectivity index (χ1) is 53.8. The number of amides is 4. The van der Waals surface area contributed by atoms with Crippen LogP contribution in [-0.2, 0) is 82.8 Å². The number of aliphatic imine (C=N–C) groups is 1. The van der Waals surface area contributed by atoms with E-state index in [4.69, 9.17) is 9.29 Å². The van der Waals surface area contributed by atoms with E-state index in [9.17, 15) is 82.2 Å². The Bertz CT molecular complexity index is 6240. The van der Waals surface area contributed by atoms with Gasteiger partial charge in [0.1, 0.15) is 29.5 Å². The van der Waals surface area contributed by atoms with Gasteiger partial charge in [0.2, 0.25) is 5.91 Å². The maximum Gasteiger partial charge on any atom is 0.339 e. The quantitative estimate of drug-likeness (QED) is 0.0490. The van der Waals surface area contributed by atoms with Crippen molar-refractivity contribution < 1.29 is 77.1 Å². The molecule has 36 nitrogen and oxygen atoms in total. The van der Waals surface area contributed by atoms with Gasteiger partial charge in [-0.15, -0.1) is 11.3 Å². The van der Waals surface area contributed by atoms with Crippen molar-refractivity contribution in [2.45, 2.75) is 47.5 Å². The molecule has 3 unspecified atom stereocenters. The van der Waals surface area contributed by atoms with Crippen LogP contribution in [0.2, 0.25) is 0 Å². The van der Waals surface area contributed by atoms with E-state index in [2.05, 4.69) is 45.9 Å². The normalized spacial score (nSPS) is 17.0. The second-order valence-corrected chi connectivity index (χ2v) is 34.1. The number of ether oxygens (including phenoxy) is 1. The first-order valence-electron chi connectivity index (χ1n) is 33.7. The molecule has 1 saturated heterocycles. The Kier molecular flexibility index (Phi) is 24.9. The van der Waals surface area contributed by atoms with Crippen LogP contribution in [0.5, 0.6) is 0 Å². The van der Waals surface area contributed by atoms with Crippen molar-refractivity contribution in [1.82, 2.24) is 57.7 Å². The predicted octanol–water partition coefficient (Wildman–Crippen LogP) is 4.80. The van der Waals surface area contributed by atoms with Gasteiger partial charge < -0.3 is 35.5 Å². The molecule has 41 heteroatoms. The number of benzene rings is 5. The molecule has 5 aliphatic heterocycles. The minimum Gasteiger partial charge on any atom is -0.505 e. The Morgan fingerprint density at radius 3 is 1.78 bits per heavy atom. The van der Waals surface area contributed by atoms with Crippen molar-refractivity contribution in [2.75, 3.05) is 62.5 Å². The third kappa shape index (κ3) is 17.7. The van der Waals surface area contributed by atoms with Crippen LogP contribution < -0.4 is 37.7 Å². The first-order valence-corrected chi connectivity index (χ1v) is 40.9. The topological polar surface area (TPSA) is 489 Å². The average Bonchev–Trinajstić information content (AvgIpc) is 1.13. The molecule has 0 radical (unpaired) electrons. The van der Waals surface area contributed by atoms with Crippen LogP contribution in [-0.4, -0.2) is 196 Å². The lowest BCUT2D eigenvalue weighted by atomic mass is 9.90. The number of thiazole rings is 1. The number of carbonyl (C=O) groups excluding carboxylic acids is 5. The Morgan fingerprint density at radius 2 is 1.24 bits per heavy atom. The lowest BCUT2D eigenvalue weighted by molar-refractivity contribution is -0.151. The van der Waals surface area contributed by atoms with Crippen molar-refractivity contribution in [3.8, 4) is 5.69 Å². The highest BCUT2D eigenvalue weighted by Crippen LogP contribution is 2.38. The number of esters is 1. The summed E-state index contributed by atoms with van der Waals surface area (Å²) in [6.45, 7) is 5.56. The molecule has 4 amide bonds. The smallest absolute Gasteiger partial charge is 0.339 e. The number of cyclic esters (lactones) is 1. The maximum atomic E-state index is 12.6. The van der Waals surface area contributed by atoms with Gasteiger partial charge in [-0.05, 0) is 85.6 Å². The number of aromatic amines is 2. The molecule has 0 saturated carbocycles. The number of rotatable bonds is 11. The Balaban J connectivity index is 0.000000147. The number of H-pyrrole nitrogens is 2. The highest BCUT2D eigenvalue weighted by atomic mass is 32.2. The second kappa shape index (κ2) is 33.9. The van der Waals surface area contributed by atoms with Crippen LogP contribution in [0.1, 0.15) is 39.7 Å². The summed E-state index contributed by atoms with van der Waals surface area (Å²) in [5.74, 6) is -3.55. The van der Waals surface area contributed by atoms with Crippen molar-refractivity contribution >= 4 is 138 Å². The number of pyridine rings is 1. The fourth-order valence-electron chi connectivity index (χ4n) is 12.1. The molecule has 8 N–H and O–H groups in total. The molecule has 5 aromatic heterocycles. The zero-order valence-corrected chi connectivity index (χ0v) is 66.2. The standard InChI is InChI=1S/C17H14O4S.C15H13N3O4S.C14H13N3O4S2.C13H17N3O4S.C8H11N3O2.C6H6N4O2/c1-22(19,20)14-9-7-12(8-10-14)15-11-21-17(18)16(15)13-5-3-2-4-6-13;1-18-13(15(20)17-12-8-4-5-9-16-12)14(19)10-6-2-3-7-11(10)23(18,21)22;1-8-7-15-14(22-8)16-13(19)11-12(18)9-5-3-4-6-10(9)23(20,21)17(11)2;1-10-12(14(2)9-21(18,19)20)13(17)16(15(10)3)11-7-5-4-6-8-11;1-4-5-6(10-3-9-5)8(13)11(2)7(4)12;1-10-5(11)3-4(8-2-7-3)9-6(10)12/h2-10H,11H2,1H3;2-9,19H,1H3,(H,16,17,20);3-7,18H,1-2H3,(H,15,16,19);4-8H,9H2,1-3H3,(H,18,19,20);3-6H,1-2H3,(H,9,10);2H,1H3,(H,7,8)(H,9,12). The number of hydrogen-bond donors (Lipinski definition) is 8. The van der Waals surface area contributed by atoms with E-state index >= 15 is 0 Å². The van der Waals surface area contributed by atoms with Crippen molar-refractivity contribution in [3.63, 3.8) is 0 Å². The number of fused-ring (bicyclic) bond motifs is 4. The van der Waals surface area contributed by atoms with E-state index in [0.29, 0.717) is 33.2 Å². The largest absolute Gasteiger partial charge is 0.505 e. The Labute approximate surface area is 655 Å². The molecule has 5 aliphatic rings. The summed E-state index contributed by atoms with van der Waals surface area (Å²) in [6, 6.07) is 41.2. The fraction of sp³-hybridized carbons (Fsp3) is 0.205. The van der Waals surface area contributed by atoms with Gasteiger partial charge in [-0.25, -0.2) is 54.5 Å². The van der Waals surface area contributed by atoms with Crippen LogP contribution in [0.25, 0.3) is 39.5 Å². The van der Waals surface area contributed by atoms with Crippen LogP contribution in [0.15, 0.2) is 216 Å². The number of aliphatic hydroxyl groups is 2. The van der Waals surface area contributed by atoms with Crippen molar-refractivity contribution in [3.05, 3.63) is 246 Å². The number of hydrogen-bond acceptors (Lipinski definition) is 26. The number of likely N-dealkylation sites (tertiary alicyclic amines) is 1. The molecule has 10 aromatic rings. The second-order valence-electron chi connectivity index (χ2n) is 25.5. The van der Waals surface area contributed by atoms with E-state index in [-0.39, 0.29) is 102 Å². The molecule has 114 heavy (non-hydrogen) atoms. The van der Waals surface area contributed by atoms with Gasteiger partial charge in [-0.2, -0.15) is 8.42 Å². The maximum absolute atomic E-state index is 12.6. The zero-order chi connectivity index (χ0) is 83.2. The minimum atomic E-state index is -4.20. The molecule has 15 rings (SSSR count). The molecule has 596 valence electrons. The minimum absolute atomic E-state index is 0.0401. The highest BCUT2D eigenvalue weighted by molar-refractivity contribution is 7.90. The summed E-state index contributed by atoms with van der Waals surface area (Å²) >= 11 is 1.25. The lowest BCUT2D eigenvalue weighted by Gasteiger charge is -2.33. The van der Waals surface area contributed by atoms with Gasteiger partial charge >= 0.3 is 11.7 Å². The number of aromatic nitrogens is 8. The van der Waals surface area contributed by atoms with Gasteiger partial charge in [0.25, 0.3) is 59.0 Å². The van der Waals surface area contributed by atoms with Crippen LogP contribution in [0, 0.1) is 19.8 Å². The summed E-state index contributed by atoms with van der Waals surface area (Å²) in [4.78, 5) is 119. The third-order valence-corrected chi connectivity index (χ3v) is 24.3. The number of para-hydroxylation sites is 1. The summed E-state index contributed by atoms with van der Waals surface area (Å²) in [5, 5.41) is 29.0. The van der Waals surface area contributed by atoms with Crippen LogP contribution in [0.4, 0.5) is 16.6 Å². The monoisotopic (exact) mass is 1650 g/mol. The SMILES string of the molecule is CC1C(=O)N(C)C(=O)C2N=CNC12.CN1C(C(=O)Nc2ccccn2)=C(O)c2ccccc2S1(=O)=O.CS(=O)(=O)c1ccc(C2=C(c3ccccc3)C(=O)OC2)cc1.Cc1c(N(C)CS(=O)(=O)O)c(=O)n(-c2ccccc2)n1C.Cc1cnc(NC(=O)C2=C(O)c3ccccc3S(=O)(=O)N2C)s1.Cn1c(=O)[nH]c2nc[nH]c2c1=O. The molecule has 1 fully saturated rings. The number of sulfonamides is 2. The van der Waals surface area contributed by atoms with E-state index in [1.54, 1.807) is 104 Å². The number of likely N-dealkylation sites (N-methyl/N-ethyl adjacent to an activating group) is 3. The molecule has 10 heterocycles. The number of nitrogens with one attached hydrogen (secondary N) is 5. The molecule has 0 bridgehead atoms. The van der Waals surface area contributed by atoms with Crippen molar-refractivity contribution in [1.29, 1.82) is 0 Å². The number of piperidine rings is 1. The van der Waals surface area contributed by atoms with Crippen molar-refractivity contribution in [2.24, 2.45) is 25.0 Å². The Morgan fingerprint density at radius 1 is 0.684 bits per heavy atom.